The molecule has 0 saturated carbocycles. The first-order valence-corrected chi connectivity index (χ1v) is 7.67. The third-order valence-electron chi connectivity index (χ3n) is 3.68. The number of benzene rings is 1. The van der Waals surface area contributed by atoms with Crippen LogP contribution in [0.5, 0.6) is 0 Å². The average Bonchev–Trinajstić information content (AvgIpc) is 2.87. The van der Waals surface area contributed by atoms with Crippen molar-refractivity contribution in [3.8, 4) is 0 Å². The number of carbonyl (C=O) groups excluding carboxylic acids is 1. The van der Waals surface area contributed by atoms with E-state index in [9.17, 15) is 4.79 Å². The molecule has 114 valence electrons. The summed E-state index contributed by atoms with van der Waals surface area (Å²) in [5, 5.41) is 1.30. The summed E-state index contributed by atoms with van der Waals surface area (Å²) in [6, 6.07) is 8.25. The fraction of sp³-hybridized carbons (Fsp3) is 0.471. The summed E-state index contributed by atoms with van der Waals surface area (Å²) < 4.78 is 4.90. The molecule has 0 radical (unpaired) electrons. The van der Waals surface area contributed by atoms with Gasteiger partial charge in [-0.25, -0.2) is 0 Å². The SMILES string of the molecule is CCOC(=O)C[C@@H](N)CCCCc1c[nH]c2ccccc12. The van der Waals surface area contributed by atoms with Crippen molar-refractivity contribution in [3.05, 3.63) is 36.0 Å². The lowest BCUT2D eigenvalue weighted by Crippen LogP contribution is -2.24. The van der Waals surface area contributed by atoms with Crippen LogP contribution in [0.15, 0.2) is 30.5 Å². The highest BCUT2D eigenvalue weighted by molar-refractivity contribution is 5.82. The number of hydrogen-bond donors (Lipinski definition) is 2. The van der Waals surface area contributed by atoms with Crippen LogP contribution in [0.1, 0.15) is 38.2 Å². The molecule has 0 bridgehead atoms. The molecule has 2 aromatic rings. The molecule has 0 fully saturated rings. The third kappa shape index (κ3) is 4.60. The van der Waals surface area contributed by atoms with Crippen LogP contribution in [0, 0.1) is 0 Å². The van der Waals surface area contributed by atoms with Crippen LogP contribution in [-0.4, -0.2) is 23.6 Å². The van der Waals surface area contributed by atoms with Gasteiger partial charge in [-0.05, 0) is 37.8 Å². The number of carbonyl (C=O) groups is 1. The monoisotopic (exact) mass is 288 g/mol. The Kier molecular flexibility index (Phi) is 5.81. The molecule has 1 atom stereocenters. The maximum absolute atomic E-state index is 11.3. The van der Waals surface area contributed by atoms with Crippen molar-refractivity contribution in [2.75, 3.05) is 6.61 Å². The van der Waals surface area contributed by atoms with Crippen molar-refractivity contribution in [1.82, 2.24) is 4.98 Å². The zero-order valence-corrected chi connectivity index (χ0v) is 12.6. The Balaban J connectivity index is 1.71. The topological polar surface area (TPSA) is 68.1 Å². The van der Waals surface area contributed by atoms with Gasteiger partial charge >= 0.3 is 5.97 Å². The molecule has 0 aliphatic carbocycles. The summed E-state index contributed by atoms with van der Waals surface area (Å²) in [7, 11) is 0. The number of esters is 1. The first-order chi connectivity index (χ1) is 10.2. The van der Waals surface area contributed by atoms with Gasteiger partial charge in [0.05, 0.1) is 13.0 Å². The number of rotatable bonds is 8. The molecule has 3 N–H and O–H groups in total. The molecule has 0 spiro atoms. The van der Waals surface area contributed by atoms with Crippen molar-refractivity contribution in [2.45, 2.75) is 45.1 Å². The van der Waals surface area contributed by atoms with Crippen molar-refractivity contribution < 1.29 is 9.53 Å². The molecule has 0 aliphatic rings. The van der Waals surface area contributed by atoms with E-state index in [2.05, 4.69) is 29.4 Å². The van der Waals surface area contributed by atoms with E-state index in [0.717, 1.165) is 25.7 Å². The second-order valence-electron chi connectivity index (χ2n) is 5.37. The lowest BCUT2D eigenvalue weighted by Gasteiger charge is -2.10. The minimum absolute atomic E-state index is 0.0907. The van der Waals surface area contributed by atoms with Crippen LogP contribution in [0.4, 0.5) is 0 Å². The Labute approximate surface area is 125 Å². The Hall–Kier alpha value is -1.81. The quantitative estimate of drug-likeness (QED) is 0.579. The number of H-pyrrole nitrogens is 1. The first-order valence-electron chi connectivity index (χ1n) is 7.67. The number of para-hydroxylation sites is 1. The number of nitrogens with two attached hydrogens (primary N) is 1. The van der Waals surface area contributed by atoms with E-state index in [1.54, 1.807) is 0 Å². The van der Waals surface area contributed by atoms with Gasteiger partial charge in [0.1, 0.15) is 0 Å². The summed E-state index contributed by atoms with van der Waals surface area (Å²) >= 11 is 0. The van der Waals surface area contributed by atoms with E-state index in [4.69, 9.17) is 10.5 Å². The Morgan fingerprint density at radius 1 is 1.33 bits per heavy atom. The molecular weight excluding hydrogens is 264 g/mol. The van der Waals surface area contributed by atoms with Crippen LogP contribution in [0.3, 0.4) is 0 Å². The molecule has 0 aliphatic heterocycles. The van der Waals surface area contributed by atoms with E-state index in [-0.39, 0.29) is 12.0 Å². The van der Waals surface area contributed by atoms with Crippen LogP contribution in [0.25, 0.3) is 10.9 Å². The van der Waals surface area contributed by atoms with Crippen LogP contribution in [-0.2, 0) is 16.0 Å². The molecule has 1 heterocycles. The molecule has 4 heteroatoms. The molecule has 2 rings (SSSR count). The highest BCUT2D eigenvalue weighted by atomic mass is 16.5. The fourth-order valence-electron chi connectivity index (χ4n) is 2.60. The van der Waals surface area contributed by atoms with Gasteiger partial charge < -0.3 is 15.5 Å². The minimum Gasteiger partial charge on any atom is -0.466 e. The molecule has 1 aromatic heterocycles. The summed E-state index contributed by atoms with van der Waals surface area (Å²) in [5.41, 5.74) is 8.49. The highest BCUT2D eigenvalue weighted by Gasteiger charge is 2.10. The fourth-order valence-corrected chi connectivity index (χ4v) is 2.60. The van der Waals surface area contributed by atoms with E-state index >= 15 is 0 Å². The number of nitrogens with one attached hydrogen (secondary N) is 1. The lowest BCUT2D eigenvalue weighted by molar-refractivity contribution is -0.143. The van der Waals surface area contributed by atoms with Gasteiger partial charge in [-0.2, -0.15) is 0 Å². The molecule has 0 saturated heterocycles. The average molecular weight is 288 g/mol. The largest absolute Gasteiger partial charge is 0.466 e. The Bertz CT molecular complexity index is 577. The number of aromatic nitrogens is 1. The Morgan fingerprint density at radius 2 is 2.14 bits per heavy atom. The molecule has 0 amide bonds. The lowest BCUT2D eigenvalue weighted by atomic mass is 10.0. The van der Waals surface area contributed by atoms with Gasteiger partial charge in [-0.15, -0.1) is 0 Å². The normalized spacial score (nSPS) is 12.5. The van der Waals surface area contributed by atoms with Gasteiger partial charge in [-0.3, -0.25) is 4.79 Å². The van der Waals surface area contributed by atoms with Crippen LogP contribution in [0.2, 0.25) is 0 Å². The zero-order valence-electron chi connectivity index (χ0n) is 12.6. The van der Waals surface area contributed by atoms with Gasteiger partial charge in [0.15, 0.2) is 0 Å². The van der Waals surface area contributed by atoms with E-state index < -0.39 is 0 Å². The number of fused-ring (bicyclic) bond motifs is 1. The summed E-state index contributed by atoms with van der Waals surface area (Å²) in [6.45, 7) is 2.23. The third-order valence-corrected chi connectivity index (χ3v) is 3.68. The smallest absolute Gasteiger partial charge is 0.307 e. The van der Waals surface area contributed by atoms with Crippen molar-refractivity contribution in [2.24, 2.45) is 5.73 Å². The van der Waals surface area contributed by atoms with E-state index in [1.165, 1.54) is 16.5 Å². The maximum atomic E-state index is 11.3. The van der Waals surface area contributed by atoms with Crippen LogP contribution >= 0.6 is 0 Å². The summed E-state index contributed by atoms with van der Waals surface area (Å²) in [4.78, 5) is 14.6. The molecule has 4 nitrogen and oxygen atoms in total. The van der Waals surface area contributed by atoms with Gasteiger partial charge in [0.25, 0.3) is 0 Å². The number of aromatic amines is 1. The number of aryl methyl sites for hydroxylation is 1. The molecule has 21 heavy (non-hydrogen) atoms. The molecule has 0 unspecified atom stereocenters. The second kappa shape index (κ2) is 7.84. The minimum atomic E-state index is -0.193. The van der Waals surface area contributed by atoms with Gasteiger partial charge in [0, 0.05) is 23.1 Å². The predicted molar refractivity (Wildman–Crippen MR) is 85.1 cm³/mol. The van der Waals surface area contributed by atoms with Gasteiger partial charge in [0.2, 0.25) is 0 Å². The summed E-state index contributed by atoms with van der Waals surface area (Å²) in [6.07, 6.45) is 6.42. The second-order valence-corrected chi connectivity index (χ2v) is 5.37. The van der Waals surface area contributed by atoms with E-state index in [1.807, 2.05) is 13.0 Å². The predicted octanol–water partition coefficient (Wildman–Crippen LogP) is 3.16. The highest BCUT2D eigenvalue weighted by Crippen LogP contribution is 2.20. The summed E-state index contributed by atoms with van der Waals surface area (Å²) in [5.74, 6) is -0.193. The number of ether oxygens (including phenoxy) is 1. The Morgan fingerprint density at radius 3 is 2.95 bits per heavy atom. The van der Waals surface area contributed by atoms with E-state index in [0.29, 0.717) is 13.0 Å². The van der Waals surface area contributed by atoms with Crippen LogP contribution < -0.4 is 5.73 Å². The standard InChI is InChI=1S/C17H24N2O2/c1-2-21-17(20)11-14(18)8-4-3-7-13-12-19-16-10-6-5-9-15(13)16/h5-6,9-10,12,14,19H,2-4,7-8,11,18H2,1H3/t14-/m0/s1. The molecular formula is C17H24N2O2. The molecule has 1 aromatic carbocycles. The number of unbranched alkanes of at least 4 members (excludes halogenated alkanes) is 1. The zero-order chi connectivity index (χ0) is 15.1. The maximum Gasteiger partial charge on any atom is 0.307 e. The van der Waals surface area contributed by atoms with Crippen molar-refractivity contribution in [3.63, 3.8) is 0 Å². The van der Waals surface area contributed by atoms with Gasteiger partial charge in [-0.1, -0.05) is 24.6 Å². The first kappa shape index (κ1) is 15.6. The van der Waals surface area contributed by atoms with Crippen molar-refractivity contribution >= 4 is 16.9 Å². The van der Waals surface area contributed by atoms with Crippen molar-refractivity contribution in [1.29, 1.82) is 0 Å². The number of hydrogen-bond acceptors (Lipinski definition) is 3.